The second-order valence-corrected chi connectivity index (χ2v) is 5.69. The van der Waals surface area contributed by atoms with Gasteiger partial charge in [-0.2, -0.15) is 0 Å². The van der Waals surface area contributed by atoms with Gasteiger partial charge in [-0.3, -0.25) is 4.79 Å². The number of hydrogen-bond donors (Lipinski definition) is 0. The Morgan fingerprint density at radius 2 is 2.05 bits per heavy atom. The fraction of sp³-hybridized carbons (Fsp3) is 0.214. The number of ether oxygens (including phenoxy) is 2. The van der Waals surface area contributed by atoms with E-state index < -0.39 is 0 Å². The molecule has 1 aromatic carbocycles. The molecule has 1 heterocycles. The van der Waals surface area contributed by atoms with Crippen molar-refractivity contribution in [3.05, 3.63) is 49.3 Å². The zero-order chi connectivity index (χ0) is 14.7. The van der Waals surface area contributed by atoms with Crippen molar-refractivity contribution in [1.82, 2.24) is 4.57 Å². The summed E-state index contributed by atoms with van der Waals surface area (Å²) in [6, 6.07) is 8.99. The first kappa shape index (κ1) is 15.3. The monoisotopic (exact) mass is 405 g/mol. The van der Waals surface area contributed by atoms with E-state index in [4.69, 9.17) is 21.1 Å². The molecule has 0 aliphatic rings. The van der Waals surface area contributed by atoms with Crippen molar-refractivity contribution in [3.8, 4) is 17.0 Å². The van der Waals surface area contributed by atoms with Crippen LogP contribution in [0, 0.1) is 3.57 Å². The molecule has 0 spiro atoms. The number of pyridine rings is 1. The van der Waals surface area contributed by atoms with Crippen molar-refractivity contribution in [3.63, 3.8) is 0 Å². The lowest BCUT2D eigenvalue weighted by Crippen LogP contribution is -2.20. The van der Waals surface area contributed by atoms with Crippen molar-refractivity contribution >= 4 is 34.2 Å². The Kier molecular flexibility index (Phi) is 5.06. The molecule has 2 rings (SSSR count). The molecular formula is C14H13ClINO3. The second kappa shape index (κ2) is 6.60. The van der Waals surface area contributed by atoms with E-state index in [1.165, 1.54) is 0 Å². The third-order valence-corrected chi connectivity index (χ3v) is 3.95. The molecule has 6 heteroatoms. The number of nitrogens with zero attached hydrogens (tertiary/aromatic N) is 1. The average molecular weight is 406 g/mol. The molecule has 0 unspecified atom stereocenters. The quantitative estimate of drug-likeness (QED) is 0.579. The van der Waals surface area contributed by atoms with E-state index in [9.17, 15) is 4.79 Å². The highest BCUT2D eigenvalue weighted by atomic mass is 127. The molecule has 0 N–H and O–H groups in total. The molecule has 0 bridgehead atoms. The fourth-order valence-electron chi connectivity index (χ4n) is 1.80. The van der Waals surface area contributed by atoms with Gasteiger partial charge in [0.1, 0.15) is 5.75 Å². The summed E-state index contributed by atoms with van der Waals surface area (Å²) >= 11 is 8.28. The highest BCUT2D eigenvalue weighted by Gasteiger charge is 2.10. The Labute approximate surface area is 135 Å². The fourth-order valence-corrected chi connectivity index (χ4v) is 2.60. The van der Waals surface area contributed by atoms with Crippen molar-refractivity contribution in [1.29, 1.82) is 0 Å². The lowest BCUT2D eigenvalue weighted by atomic mass is 10.1. The molecule has 106 valence electrons. The standard InChI is InChI=1S/C14H13ClINO3/c1-17-13(6-5-12(16)14(17)18)10-4-3-9(7-11(10)15)20-8-19-2/h3-7H,8H2,1-2H3. The molecule has 0 radical (unpaired) electrons. The van der Waals surface area contributed by atoms with Gasteiger partial charge in [0.15, 0.2) is 6.79 Å². The van der Waals surface area contributed by atoms with Gasteiger partial charge in [-0.25, -0.2) is 0 Å². The van der Waals surface area contributed by atoms with E-state index >= 15 is 0 Å². The summed E-state index contributed by atoms with van der Waals surface area (Å²) in [5, 5.41) is 0.523. The Morgan fingerprint density at radius 1 is 1.30 bits per heavy atom. The number of hydrogen-bond acceptors (Lipinski definition) is 3. The Hall–Kier alpha value is -1.05. The van der Waals surface area contributed by atoms with Crippen LogP contribution in [-0.2, 0) is 11.8 Å². The number of halogens is 2. The number of aromatic nitrogens is 1. The van der Waals surface area contributed by atoms with Gasteiger partial charge in [0, 0.05) is 19.7 Å². The summed E-state index contributed by atoms with van der Waals surface area (Å²) in [7, 11) is 3.28. The maximum atomic E-state index is 12.0. The number of rotatable bonds is 4. The lowest BCUT2D eigenvalue weighted by Gasteiger charge is -2.12. The first-order chi connectivity index (χ1) is 9.54. The predicted molar refractivity (Wildman–Crippen MR) is 87.4 cm³/mol. The van der Waals surface area contributed by atoms with Gasteiger partial charge < -0.3 is 14.0 Å². The summed E-state index contributed by atoms with van der Waals surface area (Å²) in [4.78, 5) is 12.0. The van der Waals surface area contributed by atoms with E-state index in [-0.39, 0.29) is 12.4 Å². The third-order valence-electron chi connectivity index (χ3n) is 2.82. The molecule has 0 saturated heterocycles. The summed E-state index contributed by atoms with van der Waals surface area (Å²) in [5.41, 5.74) is 1.50. The summed E-state index contributed by atoms with van der Waals surface area (Å²) in [5.74, 6) is 0.621. The maximum Gasteiger partial charge on any atom is 0.264 e. The Morgan fingerprint density at radius 3 is 2.70 bits per heavy atom. The van der Waals surface area contributed by atoms with E-state index in [0.29, 0.717) is 14.3 Å². The molecule has 0 aliphatic carbocycles. The summed E-state index contributed by atoms with van der Waals surface area (Å²) in [6.07, 6.45) is 0. The smallest absolute Gasteiger partial charge is 0.264 e. The molecule has 0 aliphatic heterocycles. The maximum absolute atomic E-state index is 12.0. The highest BCUT2D eigenvalue weighted by molar-refractivity contribution is 14.1. The first-order valence-corrected chi connectivity index (χ1v) is 7.27. The topological polar surface area (TPSA) is 40.5 Å². The molecule has 0 atom stereocenters. The van der Waals surface area contributed by atoms with Crippen LogP contribution in [0.5, 0.6) is 5.75 Å². The zero-order valence-corrected chi connectivity index (χ0v) is 13.9. The molecule has 1 aromatic heterocycles. The largest absolute Gasteiger partial charge is 0.468 e. The molecule has 0 saturated carbocycles. The molecule has 0 amide bonds. The first-order valence-electron chi connectivity index (χ1n) is 5.81. The van der Waals surface area contributed by atoms with Crippen molar-refractivity contribution in [2.75, 3.05) is 13.9 Å². The minimum absolute atomic E-state index is 0.0427. The molecule has 4 nitrogen and oxygen atoms in total. The normalized spacial score (nSPS) is 10.6. The van der Waals surface area contributed by atoms with E-state index in [1.54, 1.807) is 36.9 Å². The van der Waals surface area contributed by atoms with E-state index in [2.05, 4.69) is 0 Å². The van der Waals surface area contributed by atoms with Crippen molar-refractivity contribution < 1.29 is 9.47 Å². The van der Waals surface area contributed by atoms with Crippen LogP contribution < -0.4 is 10.3 Å². The zero-order valence-electron chi connectivity index (χ0n) is 11.0. The van der Waals surface area contributed by atoms with Crippen LogP contribution in [0.3, 0.4) is 0 Å². The minimum atomic E-state index is -0.0427. The summed E-state index contributed by atoms with van der Waals surface area (Å²) < 4.78 is 12.4. The second-order valence-electron chi connectivity index (χ2n) is 4.12. The van der Waals surface area contributed by atoms with Crippen LogP contribution in [0.4, 0.5) is 0 Å². The third kappa shape index (κ3) is 3.16. The lowest BCUT2D eigenvalue weighted by molar-refractivity contribution is 0.0511. The van der Waals surface area contributed by atoms with Crippen LogP contribution >= 0.6 is 34.2 Å². The van der Waals surface area contributed by atoms with Crippen LogP contribution in [0.2, 0.25) is 5.02 Å². The predicted octanol–water partition coefficient (Wildman–Crippen LogP) is 3.29. The SMILES string of the molecule is COCOc1ccc(-c2ccc(I)c(=O)n2C)c(Cl)c1. The van der Waals surface area contributed by atoms with Gasteiger partial charge in [0.25, 0.3) is 5.56 Å². The van der Waals surface area contributed by atoms with Crippen LogP contribution in [0.15, 0.2) is 35.1 Å². The average Bonchev–Trinajstić information content (AvgIpc) is 2.44. The summed E-state index contributed by atoms with van der Waals surface area (Å²) in [6.45, 7) is 0.164. The van der Waals surface area contributed by atoms with Crippen LogP contribution in [0.25, 0.3) is 11.3 Å². The molecular weight excluding hydrogens is 393 g/mol. The Balaban J connectivity index is 2.44. The van der Waals surface area contributed by atoms with Gasteiger partial charge in [0.2, 0.25) is 0 Å². The molecule has 0 fully saturated rings. The van der Waals surface area contributed by atoms with Gasteiger partial charge in [-0.1, -0.05) is 11.6 Å². The highest BCUT2D eigenvalue weighted by Crippen LogP contribution is 2.30. The van der Waals surface area contributed by atoms with Crippen molar-refractivity contribution in [2.45, 2.75) is 0 Å². The van der Waals surface area contributed by atoms with E-state index in [0.717, 1.165) is 11.3 Å². The van der Waals surface area contributed by atoms with E-state index in [1.807, 2.05) is 34.7 Å². The van der Waals surface area contributed by atoms with Crippen LogP contribution in [0.1, 0.15) is 0 Å². The van der Waals surface area contributed by atoms with Crippen molar-refractivity contribution in [2.24, 2.45) is 7.05 Å². The van der Waals surface area contributed by atoms with Gasteiger partial charge in [-0.15, -0.1) is 0 Å². The Bertz CT molecular complexity index is 685. The minimum Gasteiger partial charge on any atom is -0.468 e. The van der Waals surface area contributed by atoms with Gasteiger partial charge in [-0.05, 0) is 52.9 Å². The molecule has 20 heavy (non-hydrogen) atoms. The number of methoxy groups -OCH3 is 1. The van der Waals surface area contributed by atoms with Gasteiger partial charge in [0.05, 0.1) is 14.3 Å². The van der Waals surface area contributed by atoms with Gasteiger partial charge >= 0.3 is 0 Å². The van der Waals surface area contributed by atoms with Crippen LogP contribution in [-0.4, -0.2) is 18.5 Å². The number of benzene rings is 1. The molecule has 2 aromatic rings.